The van der Waals surface area contributed by atoms with Gasteiger partial charge in [0.2, 0.25) is 0 Å². The quantitative estimate of drug-likeness (QED) is 0.814. The third kappa shape index (κ3) is 2.10. The van der Waals surface area contributed by atoms with Crippen LogP contribution >= 0.6 is 0 Å². The molecule has 1 aromatic carbocycles. The number of hydrogen-bond acceptors (Lipinski definition) is 3. The Morgan fingerprint density at radius 1 is 1.56 bits per heavy atom. The lowest BCUT2D eigenvalue weighted by Crippen LogP contribution is -2.26. The first-order valence-corrected chi connectivity index (χ1v) is 5.61. The van der Waals surface area contributed by atoms with Crippen molar-refractivity contribution in [2.75, 3.05) is 25.0 Å². The number of ether oxygens (including phenoxy) is 1. The van der Waals surface area contributed by atoms with E-state index in [1.165, 1.54) is 0 Å². The highest BCUT2D eigenvalue weighted by molar-refractivity contribution is 5.98. The van der Waals surface area contributed by atoms with E-state index in [-0.39, 0.29) is 5.91 Å². The first kappa shape index (κ1) is 10.8. The molecule has 2 N–H and O–H groups in total. The zero-order valence-corrected chi connectivity index (χ0v) is 9.38. The summed E-state index contributed by atoms with van der Waals surface area (Å²) in [6, 6.07) is 5.57. The maximum absolute atomic E-state index is 11.9. The molecule has 1 aliphatic rings. The fourth-order valence-electron chi connectivity index (χ4n) is 1.68. The van der Waals surface area contributed by atoms with Crippen LogP contribution in [-0.2, 0) is 0 Å². The number of rotatable bonds is 3. The minimum absolute atomic E-state index is 0.0672. The van der Waals surface area contributed by atoms with Gasteiger partial charge in [-0.3, -0.25) is 4.79 Å². The van der Waals surface area contributed by atoms with Crippen LogP contribution in [0.5, 0.6) is 5.75 Å². The number of hydrogen-bond donors (Lipinski definition) is 2. The van der Waals surface area contributed by atoms with Gasteiger partial charge in [0.05, 0.1) is 11.3 Å². The number of anilines is 1. The highest BCUT2D eigenvalue weighted by Crippen LogP contribution is 2.30. The molecule has 4 heteroatoms. The molecule has 86 valence electrons. The Hall–Kier alpha value is -1.71. The summed E-state index contributed by atoms with van der Waals surface area (Å²) in [5.41, 5.74) is 1.51. The molecule has 2 rings (SSSR count). The molecule has 0 fully saturated rings. The summed E-state index contributed by atoms with van der Waals surface area (Å²) in [6.07, 6.45) is 0.930. The smallest absolute Gasteiger partial charge is 0.255 e. The van der Waals surface area contributed by atoms with Crippen LogP contribution in [0.3, 0.4) is 0 Å². The minimum Gasteiger partial charge on any atom is -0.489 e. The Morgan fingerprint density at radius 3 is 3.25 bits per heavy atom. The standard InChI is InChI=1S/C12H16N2O2/c1-2-6-14-12(15)9-4-3-5-10-11(9)16-8-7-13-10/h3-5,13H,2,6-8H2,1H3,(H,14,15). The Kier molecular flexibility index (Phi) is 3.29. The molecule has 0 saturated carbocycles. The summed E-state index contributed by atoms with van der Waals surface area (Å²) in [5, 5.41) is 6.06. The number of para-hydroxylation sites is 1. The maximum atomic E-state index is 11.9. The molecule has 0 unspecified atom stereocenters. The molecule has 0 radical (unpaired) electrons. The van der Waals surface area contributed by atoms with Crippen LogP contribution in [0, 0.1) is 0 Å². The zero-order valence-electron chi connectivity index (χ0n) is 9.38. The zero-order chi connectivity index (χ0) is 11.4. The number of nitrogens with one attached hydrogen (secondary N) is 2. The van der Waals surface area contributed by atoms with E-state index in [4.69, 9.17) is 4.74 Å². The summed E-state index contributed by atoms with van der Waals surface area (Å²) < 4.78 is 5.53. The van der Waals surface area contributed by atoms with Crippen molar-refractivity contribution in [1.82, 2.24) is 5.32 Å². The van der Waals surface area contributed by atoms with E-state index in [0.29, 0.717) is 24.5 Å². The molecule has 1 aliphatic heterocycles. The molecule has 0 aliphatic carbocycles. The topological polar surface area (TPSA) is 50.4 Å². The first-order valence-electron chi connectivity index (χ1n) is 5.61. The van der Waals surface area contributed by atoms with Crippen LogP contribution in [-0.4, -0.2) is 25.6 Å². The summed E-state index contributed by atoms with van der Waals surface area (Å²) in [6.45, 7) is 4.10. The lowest BCUT2D eigenvalue weighted by atomic mass is 10.1. The van der Waals surface area contributed by atoms with Crippen molar-refractivity contribution in [2.45, 2.75) is 13.3 Å². The molecule has 0 atom stereocenters. The molecule has 1 amide bonds. The van der Waals surface area contributed by atoms with Gasteiger partial charge in [-0.2, -0.15) is 0 Å². The summed E-state index contributed by atoms with van der Waals surface area (Å²) in [5.74, 6) is 0.602. The molecule has 4 nitrogen and oxygen atoms in total. The predicted octanol–water partition coefficient (Wildman–Crippen LogP) is 1.63. The van der Waals surface area contributed by atoms with E-state index in [9.17, 15) is 4.79 Å². The van der Waals surface area contributed by atoms with Gasteiger partial charge in [-0.1, -0.05) is 13.0 Å². The van der Waals surface area contributed by atoms with Crippen molar-refractivity contribution >= 4 is 11.6 Å². The van der Waals surface area contributed by atoms with E-state index in [1.54, 1.807) is 6.07 Å². The molecular weight excluding hydrogens is 204 g/mol. The van der Waals surface area contributed by atoms with Gasteiger partial charge in [0.15, 0.2) is 5.75 Å². The SMILES string of the molecule is CCCNC(=O)c1cccc2c1OCCN2. The van der Waals surface area contributed by atoms with Crippen molar-refractivity contribution in [3.63, 3.8) is 0 Å². The second kappa shape index (κ2) is 4.88. The van der Waals surface area contributed by atoms with Gasteiger partial charge in [0.25, 0.3) is 5.91 Å². The van der Waals surface area contributed by atoms with Gasteiger partial charge in [-0.15, -0.1) is 0 Å². The normalized spacial score (nSPS) is 13.3. The number of carbonyl (C=O) groups excluding carboxylic acids is 1. The molecule has 0 aromatic heterocycles. The fraction of sp³-hybridized carbons (Fsp3) is 0.417. The van der Waals surface area contributed by atoms with Crippen molar-refractivity contribution in [2.24, 2.45) is 0 Å². The van der Waals surface area contributed by atoms with Crippen LogP contribution in [0.25, 0.3) is 0 Å². The minimum atomic E-state index is -0.0672. The predicted molar refractivity (Wildman–Crippen MR) is 63.1 cm³/mol. The average molecular weight is 220 g/mol. The molecule has 16 heavy (non-hydrogen) atoms. The van der Waals surface area contributed by atoms with Crippen LogP contribution in [0.2, 0.25) is 0 Å². The monoisotopic (exact) mass is 220 g/mol. The molecular formula is C12H16N2O2. The second-order valence-corrected chi connectivity index (χ2v) is 3.71. The van der Waals surface area contributed by atoms with Gasteiger partial charge in [0, 0.05) is 13.1 Å². The van der Waals surface area contributed by atoms with E-state index in [0.717, 1.165) is 18.7 Å². The molecule has 0 spiro atoms. The Morgan fingerprint density at radius 2 is 2.44 bits per heavy atom. The fourth-order valence-corrected chi connectivity index (χ4v) is 1.68. The first-order chi connectivity index (χ1) is 7.83. The van der Waals surface area contributed by atoms with Crippen LogP contribution in [0.1, 0.15) is 23.7 Å². The van der Waals surface area contributed by atoms with Crippen LogP contribution < -0.4 is 15.4 Å². The Bertz CT molecular complexity index is 391. The van der Waals surface area contributed by atoms with Crippen molar-refractivity contribution in [3.8, 4) is 5.75 Å². The average Bonchev–Trinajstić information content (AvgIpc) is 2.35. The lowest BCUT2D eigenvalue weighted by molar-refractivity contribution is 0.0949. The number of benzene rings is 1. The Labute approximate surface area is 95.0 Å². The number of fused-ring (bicyclic) bond motifs is 1. The van der Waals surface area contributed by atoms with Gasteiger partial charge >= 0.3 is 0 Å². The van der Waals surface area contributed by atoms with Crippen LogP contribution in [0.4, 0.5) is 5.69 Å². The van der Waals surface area contributed by atoms with Gasteiger partial charge in [0.1, 0.15) is 6.61 Å². The third-order valence-corrected chi connectivity index (χ3v) is 2.46. The second-order valence-electron chi connectivity index (χ2n) is 3.71. The van der Waals surface area contributed by atoms with Crippen molar-refractivity contribution in [3.05, 3.63) is 23.8 Å². The van der Waals surface area contributed by atoms with Crippen molar-refractivity contribution in [1.29, 1.82) is 0 Å². The molecule has 1 aromatic rings. The van der Waals surface area contributed by atoms with E-state index in [2.05, 4.69) is 10.6 Å². The van der Waals surface area contributed by atoms with Crippen molar-refractivity contribution < 1.29 is 9.53 Å². The summed E-state index contributed by atoms with van der Waals surface area (Å²) >= 11 is 0. The summed E-state index contributed by atoms with van der Waals surface area (Å²) in [4.78, 5) is 11.9. The molecule has 0 saturated heterocycles. The molecule has 1 heterocycles. The van der Waals surface area contributed by atoms with E-state index >= 15 is 0 Å². The van der Waals surface area contributed by atoms with Gasteiger partial charge < -0.3 is 15.4 Å². The maximum Gasteiger partial charge on any atom is 0.255 e. The largest absolute Gasteiger partial charge is 0.489 e. The summed E-state index contributed by atoms with van der Waals surface area (Å²) in [7, 11) is 0. The lowest BCUT2D eigenvalue weighted by Gasteiger charge is -2.21. The number of carbonyl (C=O) groups is 1. The van der Waals surface area contributed by atoms with E-state index < -0.39 is 0 Å². The van der Waals surface area contributed by atoms with Gasteiger partial charge in [-0.25, -0.2) is 0 Å². The highest BCUT2D eigenvalue weighted by atomic mass is 16.5. The number of amides is 1. The van der Waals surface area contributed by atoms with Gasteiger partial charge in [-0.05, 0) is 18.6 Å². The van der Waals surface area contributed by atoms with E-state index in [1.807, 2.05) is 19.1 Å². The third-order valence-electron chi connectivity index (χ3n) is 2.46. The van der Waals surface area contributed by atoms with Crippen LogP contribution in [0.15, 0.2) is 18.2 Å². The molecule has 0 bridgehead atoms. The Balaban J connectivity index is 2.23. The highest BCUT2D eigenvalue weighted by Gasteiger charge is 2.18.